The first-order valence-corrected chi connectivity index (χ1v) is 10.1. The summed E-state index contributed by atoms with van der Waals surface area (Å²) in [7, 11) is 0. The minimum atomic E-state index is -6.56. The lowest BCUT2D eigenvalue weighted by molar-refractivity contribution is -0.412. The molecule has 0 N–H and O–H groups in total. The molecular formula is C19H27F7O3. The van der Waals surface area contributed by atoms with Gasteiger partial charge in [-0.05, 0) is 56.3 Å². The van der Waals surface area contributed by atoms with Crippen LogP contribution in [0.2, 0.25) is 0 Å². The van der Waals surface area contributed by atoms with Crippen molar-refractivity contribution in [1.82, 2.24) is 0 Å². The van der Waals surface area contributed by atoms with Crippen LogP contribution in [0.1, 0.15) is 71.1 Å². The van der Waals surface area contributed by atoms with Gasteiger partial charge in [-0.3, -0.25) is 0 Å². The average molecular weight is 436 g/mol. The van der Waals surface area contributed by atoms with Crippen LogP contribution in [0.25, 0.3) is 0 Å². The predicted molar refractivity (Wildman–Crippen MR) is 89.6 cm³/mol. The Labute approximate surface area is 165 Å². The zero-order chi connectivity index (χ0) is 21.9. The lowest BCUT2D eigenvalue weighted by atomic mass is 9.70. The first-order valence-electron chi connectivity index (χ1n) is 10.1. The smallest absolute Gasteiger partial charge is 0.431 e. The van der Waals surface area contributed by atoms with Gasteiger partial charge in [0.1, 0.15) is 6.10 Å². The maximum atomic E-state index is 13.1. The summed E-state index contributed by atoms with van der Waals surface area (Å²) < 4.78 is 95.6. The van der Waals surface area contributed by atoms with Crippen LogP contribution < -0.4 is 0 Å². The van der Waals surface area contributed by atoms with E-state index in [4.69, 9.17) is 0 Å². The van der Waals surface area contributed by atoms with Gasteiger partial charge in [0.25, 0.3) is 0 Å². The third-order valence-corrected chi connectivity index (χ3v) is 6.17. The summed E-state index contributed by atoms with van der Waals surface area (Å²) in [5.74, 6) is -4.76. The molecule has 0 atom stereocenters. The fourth-order valence-electron chi connectivity index (χ4n) is 4.53. The normalized spacial score (nSPS) is 29.4. The van der Waals surface area contributed by atoms with E-state index in [2.05, 4.69) is 16.4 Å². The zero-order valence-corrected chi connectivity index (χ0v) is 16.3. The first-order chi connectivity index (χ1) is 13.4. The molecule has 29 heavy (non-hydrogen) atoms. The van der Waals surface area contributed by atoms with Crippen molar-refractivity contribution in [1.29, 1.82) is 0 Å². The summed E-state index contributed by atoms with van der Waals surface area (Å²) in [6.07, 6.45) is -6.57. The Hall–Kier alpha value is -1.22. The standard InChI is InChI=1S/C19H27F7O3/c1-2-3-12-4-6-13(7-5-12)14-8-10-15(11-9-14)28-16(27)29-19(25,26)17(20,21)18(22,23)24/h12-15H,2-11H2,1H3/t12-,13-,14-,15-. The van der Waals surface area contributed by atoms with Crippen molar-refractivity contribution in [3.05, 3.63) is 0 Å². The van der Waals surface area contributed by atoms with Gasteiger partial charge in [0.2, 0.25) is 0 Å². The fourth-order valence-corrected chi connectivity index (χ4v) is 4.53. The van der Waals surface area contributed by atoms with Crippen LogP contribution in [0.4, 0.5) is 35.5 Å². The van der Waals surface area contributed by atoms with E-state index in [0.29, 0.717) is 37.5 Å². The summed E-state index contributed by atoms with van der Waals surface area (Å²) in [4.78, 5) is 11.4. The van der Waals surface area contributed by atoms with Gasteiger partial charge in [-0.15, -0.1) is 0 Å². The van der Waals surface area contributed by atoms with Crippen molar-refractivity contribution in [3.8, 4) is 0 Å². The minimum Gasteiger partial charge on any atom is -0.431 e. The highest BCUT2D eigenvalue weighted by atomic mass is 19.4. The molecule has 0 amide bonds. The van der Waals surface area contributed by atoms with Crippen LogP contribution in [0.15, 0.2) is 0 Å². The van der Waals surface area contributed by atoms with Crippen LogP contribution in [0.3, 0.4) is 0 Å². The highest BCUT2D eigenvalue weighted by Gasteiger charge is 2.76. The van der Waals surface area contributed by atoms with Gasteiger partial charge >= 0.3 is 24.4 Å². The summed E-state index contributed by atoms with van der Waals surface area (Å²) in [6, 6.07) is 0. The average Bonchev–Trinajstić information content (AvgIpc) is 2.62. The molecule has 170 valence electrons. The molecule has 2 saturated carbocycles. The molecule has 0 unspecified atom stereocenters. The molecule has 2 rings (SSSR count). The number of ether oxygens (including phenoxy) is 2. The Kier molecular flexibility index (Phi) is 7.70. The van der Waals surface area contributed by atoms with Crippen molar-refractivity contribution < 1.29 is 45.0 Å². The van der Waals surface area contributed by atoms with Crippen LogP contribution in [-0.4, -0.2) is 30.5 Å². The monoisotopic (exact) mass is 436 g/mol. The number of halogens is 7. The van der Waals surface area contributed by atoms with Crippen LogP contribution in [0.5, 0.6) is 0 Å². The van der Waals surface area contributed by atoms with E-state index in [1.807, 2.05) is 0 Å². The minimum absolute atomic E-state index is 0.343. The largest absolute Gasteiger partial charge is 0.513 e. The van der Waals surface area contributed by atoms with Crippen LogP contribution in [-0.2, 0) is 9.47 Å². The van der Waals surface area contributed by atoms with E-state index in [0.717, 1.165) is 18.8 Å². The van der Waals surface area contributed by atoms with E-state index in [-0.39, 0.29) is 0 Å². The van der Waals surface area contributed by atoms with Gasteiger partial charge in [0.15, 0.2) is 0 Å². The van der Waals surface area contributed by atoms with Gasteiger partial charge in [-0.2, -0.15) is 30.7 Å². The van der Waals surface area contributed by atoms with Crippen molar-refractivity contribution in [2.24, 2.45) is 17.8 Å². The molecule has 2 aliphatic rings. The molecule has 0 saturated heterocycles. The van der Waals surface area contributed by atoms with E-state index in [1.54, 1.807) is 0 Å². The molecule has 2 aliphatic carbocycles. The van der Waals surface area contributed by atoms with Gasteiger partial charge in [0, 0.05) is 0 Å². The Bertz CT molecular complexity index is 534. The molecule has 2 fully saturated rings. The number of carbonyl (C=O) groups excluding carboxylic acids is 1. The zero-order valence-electron chi connectivity index (χ0n) is 16.3. The summed E-state index contributed by atoms with van der Waals surface area (Å²) in [6.45, 7) is 2.17. The lowest BCUT2D eigenvalue weighted by Crippen LogP contribution is -2.54. The van der Waals surface area contributed by atoms with Crippen LogP contribution in [0, 0.1) is 17.8 Å². The first kappa shape index (κ1) is 24.1. The summed E-state index contributed by atoms with van der Waals surface area (Å²) in [5, 5.41) is 0. The van der Waals surface area contributed by atoms with E-state index >= 15 is 0 Å². The summed E-state index contributed by atoms with van der Waals surface area (Å²) >= 11 is 0. The summed E-state index contributed by atoms with van der Waals surface area (Å²) in [5.41, 5.74) is 0. The maximum Gasteiger partial charge on any atom is 0.513 e. The quantitative estimate of drug-likeness (QED) is 0.329. The molecule has 0 spiro atoms. The lowest BCUT2D eigenvalue weighted by Gasteiger charge is -2.37. The highest BCUT2D eigenvalue weighted by molar-refractivity contribution is 5.60. The molecular weight excluding hydrogens is 409 g/mol. The van der Waals surface area contributed by atoms with E-state index in [1.165, 1.54) is 25.7 Å². The topological polar surface area (TPSA) is 35.5 Å². The molecule has 3 nitrogen and oxygen atoms in total. The number of rotatable bonds is 6. The van der Waals surface area contributed by atoms with Crippen molar-refractivity contribution in [2.75, 3.05) is 0 Å². The SMILES string of the molecule is CCC[C@H]1CC[C@H]([C@H]2CC[C@H](OC(=O)OC(F)(F)C(F)(F)C(F)(F)F)CC2)CC1. The van der Waals surface area contributed by atoms with E-state index < -0.39 is 30.5 Å². The fraction of sp³-hybridized carbons (Fsp3) is 0.947. The van der Waals surface area contributed by atoms with Crippen molar-refractivity contribution >= 4 is 6.16 Å². The molecule has 0 aromatic rings. The molecule has 10 heteroatoms. The molecule has 0 radical (unpaired) electrons. The molecule has 0 aliphatic heterocycles. The van der Waals surface area contributed by atoms with Gasteiger partial charge in [-0.25, -0.2) is 4.79 Å². The third kappa shape index (κ3) is 5.90. The van der Waals surface area contributed by atoms with Gasteiger partial charge in [0.05, 0.1) is 0 Å². The molecule has 0 aromatic heterocycles. The highest BCUT2D eigenvalue weighted by Crippen LogP contribution is 2.47. The van der Waals surface area contributed by atoms with Gasteiger partial charge < -0.3 is 9.47 Å². The molecule has 0 aromatic carbocycles. The Morgan fingerprint density at radius 1 is 0.828 bits per heavy atom. The van der Waals surface area contributed by atoms with Gasteiger partial charge in [-0.1, -0.05) is 32.6 Å². The molecule has 0 bridgehead atoms. The maximum absolute atomic E-state index is 13.1. The predicted octanol–water partition coefficient (Wildman–Crippen LogP) is 7.10. The second-order valence-electron chi connectivity index (χ2n) is 8.17. The third-order valence-electron chi connectivity index (χ3n) is 6.17. The number of hydrogen-bond acceptors (Lipinski definition) is 3. The molecule has 0 heterocycles. The Morgan fingerprint density at radius 2 is 1.31 bits per heavy atom. The second kappa shape index (κ2) is 9.29. The second-order valence-corrected chi connectivity index (χ2v) is 8.17. The number of alkyl halides is 7. The van der Waals surface area contributed by atoms with Crippen molar-refractivity contribution in [3.63, 3.8) is 0 Å². The Balaban J connectivity index is 1.77. The van der Waals surface area contributed by atoms with E-state index in [9.17, 15) is 35.5 Å². The number of carbonyl (C=O) groups is 1. The number of hydrogen-bond donors (Lipinski definition) is 0. The van der Waals surface area contributed by atoms with Crippen LogP contribution >= 0.6 is 0 Å². The Morgan fingerprint density at radius 3 is 1.76 bits per heavy atom. The van der Waals surface area contributed by atoms with Crippen molar-refractivity contribution in [2.45, 2.75) is 95.4 Å².